The highest BCUT2D eigenvalue weighted by Gasteiger charge is 2.43. The van der Waals surface area contributed by atoms with Gasteiger partial charge in [0.1, 0.15) is 45.9 Å². The second-order valence-corrected chi connectivity index (χ2v) is 23.9. The van der Waals surface area contributed by atoms with E-state index in [9.17, 15) is 46.7 Å². The molecule has 4 aromatic rings. The summed E-state index contributed by atoms with van der Waals surface area (Å²) in [5.41, 5.74) is 2.55. The summed E-state index contributed by atoms with van der Waals surface area (Å²) < 4.78 is 50.5. The molecule has 3 fully saturated rings. The van der Waals surface area contributed by atoms with Crippen LogP contribution in [0.1, 0.15) is 138 Å². The van der Waals surface area contributed by atoms with Crippen molar-refractivity contribution in [3.8, 4) is 17.0 Å². The number of thiazole rings is 1. The molecule has 4 N–H and O–H groups in total. The van der Waals surface area contributed by atoms with Gasteiger partial charge >= 0.3 is 12.3 Å². The molecular formula is C61H78F3N9O9S. The van der Waals surface area contributed by atoms with Crippen LogP contribution in [0.3, 0.4) is 0 Å². The van der Waals surface area contributed by atoms with Gasteiger partial charge in [-0.1, -0.05) is 97.3 Å². The molecule has 3 heterocycles. The van der Waals surface area contributed by atoms with Gasteiger partial charge in [-0.15, -0.1) is 0 Å². The number of amides is 7. The van der Waals surface area contributed by atoms with Gasteiger partial charge in [-0.25, -0.2) is 14.8 Å². The number of ether oxygens (including phenoxy) is 2. The number of allylic oxidation sites excluding steroid dienone is 1. The Morgan fingerprint density at radius 1 is 0.867 bits per heavy atom. The first-order chi connectivity index (χ1) is 39.5. The first-order valence-electron chi connectivity index (χ1n) is 28.6. The van der Waals surface area contributed by atoms with Crippen molar-refractivity contribution >= 4 is 69.1 Å². The second kappa shape index (κ2) is 28.8. The molecule has 2 aliphatic carbocycles. The molecule has 7 amide bonds. The molecule has 3 aliphatic rings. The monoisotopic (exact) mass is 1170 g/mol. The number of carbonyl (C=O) groups is 7. The Labute approximate surface area is 487 Å². The van der Waals surface area contributed by atoms with E-state index in [1.807, 2.05) is 54.6 Å². The van der Waals surface area contributed by atoms with Crippen LogP contribution < -0.4 is 26.0 Å². The lowest BCUT2D eigenvalue weighted by molar-refractivity contribution is -0.183. The number of likely N-dealkylation sites (tertiary alicyclic amines) is 1. The third-order valence-corrected chi connectivity index (χ3v) is 16.5. The van der Waals surface area contributed by atoms with Gasteiger partial charge in [-0.2, -0.15) is 13.2 Å². The minimum absolute atomic E-state index is 0.0201. The molecular weight excluding hydrogens is 1090 g/mol. The number of pyridine rings is 1. The molecule has 2 saturated carbocycles. The molecule has 0 spiro atoms. The van der Waals surface area contributed by atoms with Gasteiger partial charge in [0.2, 0.25) is 29.5 Å². The SMILES string of the molecule is COc1cnc(C(=O)NCc2cccc(CC(=O)N(C)CCCC(=O)Nc3nc(-c4ccccc4)c(NC(=O)[C@@H]4CCCN4C(=O)C(NC(=O)C(C)N(C)C(=O)OC(C)(C)C)C4CCCCC4)s3)c2)cc1/C=C/C1CCC(C(F)(F)F)CC1. The maximum absolute atomic E-state index is 14.6. The zero-order valence-corrected chi connectivity index (χ0v) is 49.3. The largest absolute Gasteiger partial charge is 0.495 e. The van der Waals surface area contributed by atoms with Gasteiger partial charge in [0.15, 0.2) is 5.13 Å². The number of likely N-dealkylation sites (N-methyl/N-ethyl adjacent to an activating group) is 2. The minimum Gasteiger partial charge on any atom is -0.495 e. The molecule has 2 aromatic carbocycles. The van der Waals surface area contributed by atoms with Gasteiger partial charge < -0.3 is 40.5 Å². The van der Waals surface area contributed by atoms with Crippen molar-refractivity contribution in [3.63, 3.8) is 0 Å². The van der Waals surface area contributed by atoms with E-state index >= 15 is 0 Å². The van der Waals surface area contributed by atoms with Crippen molar-refractivity contribution in [2.45, 2.75) is 154 Å². The van der Waals surface area contributed by atoms with E-state index in [0.717, 1.165) is 54.6 Å². The standard InChI is InChI=1S/C61H78F3N9O9S/c1-38(72(6)59(80)82-60(2,3)4)53(76)68-52(43-21-12-9-13-22-43)57(79)73-32-15-23-47(73)55(78)70-56-51(42-19-10-8-11-20-42)69-58(83-56)67-49(74)24-16-31-71(5)50(75)34-40-17-14-18-41(33-40)36-66-54(77)46-35-44(48(81-7)37-65-46)28-25-39-26-29-45(30-27-39)61(62,63)64/h8,10-11,14,17-20,25,28,33,35,37-39,43,45,47,52H,9,12-13,15-16,21-24,26-27,29-32,34,36H2,1-7H3,(H,66,77)(H,68,76)(H,70,78)(H,67,69,74)/b28-25+/t38?,39?,45?,47-,52?/m0/s1. The fourth-order valence-electron chi connectivity index (χ4n) is 10.7. The van der Waals surface area contributed by atoms with Gasteiger partial charge in [0, 0.05) is 51.3 Å². The highest BCUT2D eigenvalue weighted by atomic mass is 32.1. The van der Waals surface area contributed by atoms with E-state index in [1.54, 1.807) is 62.8 Å². The summed E-state index contributed by atoms with van der Waals surface area (Å²) in [5.74, 6) is -3.26. The van der Waals surface area contributed by atoms with Crippen LogP contribution in [0, 0.1) is 17.8 Å². The van der Waals surface area contributed by atoms with Crippen LogP contribution in [0.25, 0.3) is 17.3 Å². The van der Waals surface area contributed by atoms with E-state index in [4.69, 9.17) is 14.5 Å². The predicted molar refractivity (Wildman–Crippen MR) is 311 cm³/mol. The molecule has 83 heavy (non-hydrogen) atoms. The Morgan fingerprint density at radius 2 is 1.58 bits per heavy atom. The number of hydrogen-bond acceptors (Lipinski definition) is 12. The summed E-state index contributed by atoms with van der Waals surface area (Å²) in [7, 11) is 4.62. The number of halogens is 3. The number of nitrogens with one attached hydrogen (secondary N) is 4. The Bertz CT molecular complexity index is 2950. The summed E-state index contributed by atoms with van der Waals surface area (Å²) >= 11 is 1.09. The quantitative estimate of drug-likeness (QED) is 0.0615. The Kier molecular flexibility index (Phi) is 21.9. The fourth-order valence-corrected chi connectivity index (χ4v) is 11.6. The lowest BCUT2D eigenvalue weighted by atomic mass is 9.81. The van der Waals surface area contributed by atoms with E-state index < -0.39 is 59.6 Å². The topological polar surface area (TPSA) is 222 Å². The van der Waals surface area contributed by atoms with Crippen LogP contribution in [0.2, 0.25) is 0 Å². The molecule has 1 aliphatic heterocycles. The van der Waals surface area contributed by atoms with E-state index in [0.29, 0.717) is 66.2 Å². The molecule has 3 atom stereocenters. The highest BCUT2D eigenvalue weighted by Crippen LogP contribution is 2.41. The maximum atomic E-state index is 14.6. The Hall–Kier alpha value is -7.36. The molecule has 0 bridgehead atoms. The first kappa shape index (κ1) is 63.2. The molecule has 448 valence electrons. The van der Waals surface area contributed by atoms with Crippen LogP contribution in [0.15, 0.2) is 72.9 Å². The van der Waals surface area contributed by atoms with E-state index in [2.05, 4.69) is 26.3 Å². The highest BCUT2D eigenvalue weighted by molar-refractivity contribution is 7.20. The molecule has 1 saturated heterocycles. The molecule has 0 radical (unpaired) electrons. The summed E-state index contributed by atoms with van der Waals surface area (Å²) in [6, 6.07) is 15.3. The molecule has 7 rings (SSSR count). The van der Waals surface area contributed by atoms with Crippen molar-refractivity contribution in [3.05, 3.63) is 95.3 Å². The summed E-state index contributed by atoms with van der Waals surface area (Å²) in [6.45, 7) is 7.54. The lowest BCUT2D eigenvalue weighted by Gasteiger charge is -2.36. The van der Waals surface area contributed by atoms with Crippen molar-refractivity contribution < 1.29 is 56.2 Å². The number of alkyl halides is 3. The van der Waals surface area contributed by atoms with Crippen molar-refractivity contribution in [2.24, 2.45) is 17.8 Å². The third-order valence-electron chi connectivity index (χ3n) is 15.6. The number of rotatable bonds is 21. The van der Waals surface area contributed by atoms with Crippen LogP contribution in [-0.2, 0) is 41.7 Å². The first-order valence-corrected chi connectivity index (χ1v) is 29.4. The van der Waals surface area contributed by atoms with Crippen LogP contribution in [0.4, 0.5) is 28.1 Å². The van der Waals surface area contributed by atoms with Gasteiger partial charge in [0.25, 0.3) is 5.91 Å². The number of aromatic nitrogens is 2. The Morgan fingerprint density at radius 3 is 2.27 bits per heavy atom. The molecule has 18 nitrogen and oxygen atoms in total. The number of hydrogen-bond donors (Lipinski definition) is 4. The second-order valence-electron chi connectivity index (χ2n) is 22.9. The zero-order valence-electron chi connectivity index (χ0n) is 48.4. The van der Waals surface area contributed by atoms with Crippen LogP contribution in [0.5, 0.6) is 5.75 Å². The number of methoxy groups -OCH3 is 1. The van der Waals surface area contributed by atoms with E-state index in [1.165, 1.54) is 25.3 Å². The number of nitrogens with zero attached hydrogens (tertiary/aromatic N) is 5. The van der Waals surface area contributed by atoms with E-state index in [-0.39, 0.29) is 79.2 Å². The summed E-state index contributed by atoms with van der Waals surface area (Å²) in [5, 5.41) is 12.4. The van der Waals surface area contributed by atoms with Crippen molar-refractivity contribution in [1.82, 2.24) is 35.3 Å². The smallest absolute Gasteiger partial charge is 0.410 e. The van der Waals surface area contributed by atoms with Gasteiger partial charge in [-0.05, 0) is 115 Å². The average molecular weight is 1170 g/mol. The summed E-state index contributed by atoms with van der Waals surface area (Å²) in [6.07, 6.45) is 6.95. The number of benzene rings is 2. The number of carbonyl (C=O) groups excluding carboxylic acids is 7. The molecule has 2 unspecified atom stereocenters. The van der Waals surface area contributed by atoms with Gasteiger partial charge in [-0.3, -0.25) is 33.7 Å². The van der Waals surface area contributed by atoms with Crippen LogP contribution >= 0.6 is 11.3 Å². The van der Waals surface area contributed by atoms with Crippen molar-refractivity contribution in [1.29, 1.82) is 0 Å². The minimum atomic E-state index is -4.18. The molecule has 22 heteroatoms. The Balaban J connectivity index is 0.906. The maximum Gasteiger partial charge on any atom is 0.410 e. The predicted octanol–water partition coefficient (Wildman–Crippen LogP) is 10.2. The summed E-state index contributed by atoms with van der Waals surface area (Å²) in [4.78, 5) is 109. The zero-order chi connectivity index (χ0) is 60.0. The number of anilines is 2. The molecule has 2 aromatic heterocycles. The normalized spacial score (nSPS) is 18.4. The lowest BCUT2D eigenvalue weighted by Crippen LogP contribution is -2.58. The third kappa shape index (κ3) is 17.8. The fraction of sp³-hybridized carbons (Fsp3) is 0.525. The van der Waals surface area contributed by atoms with Gasteiger partial charge in [0.05, 0.1) is 25.6 Å². The van der Waals surface area contributed by atoms with Crippen LogP contribution in [-0.4, -0.2) is 130 Å². The van der Waals surface area contributed by atoms with Crippen molar-refractivity contribution in [2.75, 3.05) is 44.9 Å². The average Bonchev–Trinajstić information content (AvgIpc) is 4.16.